The normalized spacial score (nSPS) is 13.0. The SMILES string of the molecule is CC(=O)C(C)n1nc(Br)nc1Br. The van der Waals surface area contributed by atoms with Crippen molar-refractivity contribution in [1.82, 2.24) is 14.8 Å². The molecule has 0 bridgehead atoms. The third-order valence-corrected chi connectivity index (χ3v) is 2.40. The number of ketones is 1. The van der Waals surface area contributed by atoms with Crippen molar-refractivity contribution in [3.05, 3.63) is 9.47 Å². The first kappa shape index (κ1) is 9.85. The molecule has 0 spiro atoms. The minimum Gasteiger partial charge on any atom is -0.298 e. The van der Waals surface area contributed by atoms with E-state index in [1.807, 2.05) is 0 Å². The molecule has 12 heavy (non-hydrogen) atoms. The number of hydrogen-bond acceptors (Lipinski definition) is 3. The number of hydrogen-bond donors (Lipinski definition) is 0. The van der Waals surface area contributed by atoms with Crippen molar-refractivity contribution >= 4 is 37.6 Å². The number of nitrogens with zero attached hydrogens (tertiary/aromatic N) is 3. The van der Waals surface area contributed by atoms with Gasteiger partial charge in [-0.1, -0.05) is 0 Å². The molecule has 66 valence electrons. The summed E-state index contributed by atoms with van der Waals surface area (Å²) in [6.45, 7) is 3.29. The second-order valence-corrected chi connectivity index (χ2v) is 3.80. The van der Waals surface area contributed by atoms with Crippen molar-refractivity contribution in [2.45, 2.75) is 19.9 Å². The van der Waals surface area contributed by atoms with Gasteiger partial charge in [-0.2, -0.15) is 4.98 Å². The minimum absolute atomic E-state index is 0.0492. The van der Waals surface area contributed by atoms with Crippen LogP contribution < -0.4 is 0 Å². The molecule has 1 unspecified atom stereocenters. The van der Waals surface area contributed by atoms with Crippen molar-refractivity contribution in [1.29, 1.82) is 0 Å². The first-order valence-electron chi connectivity index (χ1n) is 3.30. The lowest BCUT2D eigenvalue weighted by Gasteiger charge is -2.07. The second kappa shape index (κ2) is 3.66. The molecular weight excluding hydrogens is 290 g/mol. The molecule has 0 N–H and O–H groups in total. The van der Waals surface area contributed by atoms with Crippen LogP contribution in [0.2, 0.25) is 0 Å². The second-order valence-electron chi connectivity index (χ2n) is 2.38. The van der Waals surface area contributed by atoms with Gasteiger partial charge in [0.15, 0.2) is 10.5 Å². The van der Waals surface area contributed by atoms with Gasteiger partial charge in [-0.25, -0.2) is 4.68 Å². The number of carbonyl (C=O) groups is 1. The maximum Gasteiger partial charge on any atom is 0.218 e. The van der Waals surface area contributed by atoms with Crippen LogP contribution >= 0.6 is 31.9 Å². The summed E-state index contributed by atoms with van der Waals surface area (Å²) in [7, 11) is 0. The third kappa shape index (κ3) is 1.92. The van der Waals surface area contributed by atoms with Crippen LogP contribution in [0.4, 0.5) is 0 Å². The number of rotatable bonds is 2. The summed E-state index contributed by atoms with van der Waals surface area (Å²) in [5.41, 5.74) is 0. The molecule has 0 aromatic carbocycles. The highest BCUT2D eigenvalue weighted by Crippen LogP contribution is 2.16. The Balaban J connectivity index is 3.02. The van der Waals surface area contributed by atoms with Gasteiger partial charge in [0, 0.05) is 0 Å². The molecule has 0 aliphatic rings. The number of aromatic nitrogens is 3. The predicted octanol–water partition coefficient (Wildman–Crippen LogP) is 1.95. The maximum atomic E-state index is 11.0. The van der Waals surface area contributed by atoms with E-state index < -0.39 is 0 Å². The Labute approximate surface area is 86.6 Å². The summed E-state index contributed by atoms with van der Waals surface area (Å²) in [5.74, 6) is 0.0492. The summed E-state index contributed by atoms with van der Waals surface area (Å²) in [4.78, 5) is 14.9. The van der Waals surface area contributed by atoms with E-state index in [9.17, 15) is 4.79 Å². The van der Waals surface area contributed by atoms with Crippen molar-refractivity contribution in [2.24, 2.45) is 0 Å². The van der Waals surface area contributed by atoms with Gasteiger partial charge >= 0.3 is 0 Å². The fraction of sp³-hybridized carbons (Fsp3) is 0.500. The fourth-order valence-electron chi connectivity index (χ4n) is 0.698. The van der Waals surface area contributed by atoms with Crippen LogP contribution in [0.1, 0.15) is 19.9 Å². The number of halogens is 2. The molecule has 0 saturated heterocycles. The topological polar surface area (TPSA) is 47.8 Å². The molecule has 4 nitrogen and oxygen atoms in total. The maximum absolute atomic E-state index is 11.0. The number of carbonyl (C=O) groups excluding carboxylic acids is 1. The van der Waals surface area contributed by atoms with Crippen molar-refractivity contribution in [3.8, 4) is 0 Å². The minimum atomic E-state index is -0.279. The van der Waals surface area contributed by atoms with Gasteiger partial charge in [0.1, 0.15) is 6.04 Å². The van der Waals surface area contributed by atoms with E-state index in [1.165, 1.54) is 11.6 Å². The lowest BCUT2D eigenvalue weighted by Crippen LogP contribution is -2.14. The monoisotopic (exact) mass is 295 g/mol. The average Bonchev–Trinajstić information content (AvgIpc) is 2.28. The van der Waals surface area contributed by atoms with Crippen LogP contribution in [0.15, 0.2) is 9.47 Å². The zero-order valence-corrected chi connectivity index (χ0v) is 9.76. The van der Waals surface area contributed by atoms with Crippen LogP contribution in [-0.2, 0) is 4.79 Å². The van der Waals surface area contributed by atoms with Crippen molar-refractivity contribution < 1.29 is 4.79 Å². The van der Waals surface area contributed by atoms with Crippen LogP contribution in [-0.4, -0.2) is 20.5 Å². The van der Waals surface area contributed by atoms with E-state index >= 15 is 0 Å². The fourth-order valence-corrected chi connectivity index (χ4v) is 1.83. The molecule has 0 radical (unpaired) electrons. The average molecular weight is 297 g/mol. The molecule has 1 heterocycles. The summed E-state index contributed by atoms with van der Waals surface area (Å²) < 4.78 is 2.55. The Morgan fingerprint density at radius 3 is 2.50 bits per heavy atom. The standard InChI is InChI=1S/C6H7Br2N3O/c1-3(4(2)12)11-6(8)9-5(7)10-11/h3H,1-2H3. The predicted molar refractivity (Wildman–Crippen MR) is 50.8 cm³/mol. The smallest absolute Gasteiger partial charge is 0.218 e. The van der Waals surface area contributed by atoms with E-state index in [4.69, 9.17) is 0 Å². The van der Waals surface area contributed by atoms with Crippen molar-refractivity contribution in [2.75, 3.05) is 0 Å². The van der Waals surface area contributed by atoms with Gasteiger partial charge in [-0.15, -0.1) is 5.10 Å². The molecule has 0 aliphatic heterocycles. The Hall–Kier alpha value is -0.230. The quantitative estimate of drug-likeness (QED) is 0.838. The van der Waals surface area contributed by atoms with Crippen LogP contribution in [0.3, 0.4) is 0 Å². The highest BCUT2D eigenvalue weighted by atomic mass is 79.9. The summed E-state index contributed by atoms with van der Waals surface area (Å²) >= 11 is 6.31. The first-order chi connectivity index (χ1) is 5.52. The highest BCUT2D eigenvalue weighted by molar-refractivity contribution is 9.11. The highest BCUT2D eigenvalue weighted by Gasteiger charge is 2.15. The van der Waals surface area contributed by atoms with E-state index in [2.05, 4.69) is 41.9 Å². The van der Waals surface area contributed by atoms with Crippen LogP contribution in [0.5, 0.6) is 0 Å². The Morgan fingerprint density at radius 1 is 1.58 bits per heavy atom. The molecule has 1 aromatic rings. The molecule has 1 atom stereocenters. The molecule has 0 saturated carbocycles. The zero-order valence-electron chi connectivity index (χ0n) is 6.58. The summed E-state index contributed by atoms with van der Waals surface area (Å²) in [6.07, 6.45) is 0. The molecule has 0 amide bonds. The molecular formula is C6H7Br2N3O. The summed E-state index contributed by atoms with van der Waals surface area (Å²) in [6, 6.07) is -0.279. The van der Waals surface area contributed by atoms with E-state index in [-0.39, 0.29) is 11.8 Å². The Bertz CT molecular complexity index is 310. The van der Waals surface area contributed by atoms with Crippen LogP contribution in [0, 0.1) is 0 Å². The number of Topliss-reactive ketones (excluding diaryl/α,β-unsaturated/α-hetero) is 1. The van der Waals surface area contributed by atoms with Gasteiger partial charge in [0.2, 0.25) is 4.73 Å². The van der Waals surface area contributed by atoms with Gasteiger partial charge in [-0.05, 0) is 45.7 Å². The lowest BCUT2D eigenvalue weighted by molar-refractivity contribution is -0.119. The molecule has 1 aromatic heterocycles. The van der Waals surface area contributed by atoms with Gasteiger partial charge in [-0.3, -0.25) is 4.79 Å². The van der Waals surface area contributed by atoms with E-state index in [0.717, 1.165) is 0 Å². The largest absolute Gasteiger partial charge is 0.298 e. The van der Waals surface area contributed by atoms with E-state index in [0.29, 0.717) is 9.47 Å². The first-order valence-corrected chi connectivity index (χ1v) is 4.89. The zero-order chi connectivity index (χ0) is 9.30. The Kier molecular flexibility index (Phi) is 3.00. The molecule has 1 rings (SSSR count). The summed E-state index contributed by atoms with van der Waals surface area (Å²) in [5, 5.41) is 3.99. The van der Waals surface area contributed by atoms with Crippen molar-refractivity contribution in [3.63, 3.8) is 0 Å². The Morgan fingerprint density at radius 2 is 2.17 bits per heavy atom. The van der Waals surface area contributed by atoms with Crippen LogP contribution in [0.25, 0.3) is 0 Å². The van der Waals surface area contributed by atoms with E-state index in [1.54, 1.807) is 6.92 Å². The van der Waals surface area contributed by atoms with Gasteiger partial charge in [0.25, 0.3) is 0 Å². The van der Waals surface area contributed by atoms with Gasteiger partial charge in [0.05, 0.1) is 0 Å². The lowest BCUT2D eigenvalue weighted by atomic mass is 10.2. The van der Waals surface area contributed by atoms with Gasteiger partial charge < -0.3 is 0 Å². The third-order valence-electron chi connectivity index (χ3n) is 1.52. The molecule has 0 aliphatic carbocycles. The molecule has 6 heteroatoms. The molecule has 0 fully saturated rings.